The van der Waals surface area contributed by atoms with Crippen LogP contribution in [0.25, 0.3) is 11.1 Å². The summed E-state index contributed by atoms with van der Waals surface area (Å²) in [6.07, 6.45) is 2.10. The Kier molecular flexibility index (Phi) is 6.96. The molecule has 0 unspecified atom stereocenters. The number of piperidine rings is 1. The van der Waals surface area contributed by atoms with Crippen molar-refractivity contribution < 1.29 is 9.59 Å². The topological polar surface area (TPSA) is 49.4 Å². The quantitative estimate of drug-likeness (QED) is 0.757. The van der Waals surface area contributed by atoms with Gasteiger partial charge < -0.3 is 10.2 Å². The molecule has 4 nitrogen and oxygen atoms in total. The predicted molar refractivity (Wildman–Crippen MR) is 122 cm³/mol. The molecule has 160 valence electrons. The van der Waals surface area contributed by atoms with E-state index in [2.05, 4.69) is 41.7 Å². The highest BCUT2D eigenvalue weighted by Gasteiger charge is 2.42. The first-order valence-electron chi connectivity index (χ1n) is 11.0. The van der Waals surface area contributed by atoms with Gasteiger partial charge in [-0.2, -0.15) is 0 Å². The number of nitrogens with one attached hydrogen (secondary N) is 1. The summed E-state index contributed by atoms with van der Waals surface area (Å²) in [5.41, 5.74) is 3.07. The first kappa shape index (κ1) is 22.1. The lowest BCUT2D eigenvalue weighted by molar-refractivity contribution is -0.142. The van der Waals surface area contributed by atoms with Gasteiger partial charge in [-0.15, -0.1) is 0 Å². The fraction of sp³-hybridized carbons (Fsp3) is 0.462. The van der Waals surface area contributed by atoms with Gasteiger partial charge in [-0.3, -0.25) is 9.59 Å². The van der Waals surface area contributed by atoms with Crippen molar-refractivity contribution in [1.29, 1.82) is 0 Å². The summed E-state index contributed by atoms with van der Waals surface area (Å²) in [6, 6.07) is 19.0. The average molecular weight is 407 g/mol. The van der Waals surface area contributed by atoms with Crippen LogP contribution in [0.15, 0.2) is 54.6 Å². The van der Waals surface area contributed by atoms with Gasteiger partial charge in [0.2, 0.25) is 11.8 Å². The zero-order valence-electron chi connectivity index (χ0n) is 18.7. The molecular formula is C26H34N2O2. The van der Waals surface area contributed by atoms with Crippen LogP contribution in [0.2, 0.25) is 0 Å². The highest BCUT2D eigenvalue weighted by molar-refractivity contribution is 5.84. The molecule has 4 heteroatoms. The van der Waals surface area contributed by atoms with Crippen LogP contribution in [0.5, 0.6) is 0 Å². The minimum Gasteiger partial charge on any atom is -0.353 e. The fourth-order valence-corrected chi connectivity index (χ4v) is 4.26. The minimum absolute atomic E-state index is 0.00692. The average Bonchev–Trinajstić information content (AvgIpc) is 2.74. The molecule has 0 aromatic heterocycles. The molecule has 2 aromatic carbocycles. The molecule has 1 aliphatic rings. The van der Waals surface area contributed by atoms with E-state index in [1.165, 1.54) is 11.1 Å². The number of nitrogens with zero attached hydrogens (tertiary/aromatic N) is 1. The van der Waals surface area contributed by atoms with E-state index >= 15 is 0 Å². The van der Waals surface area contributed by atoms with Gasteiger partial charge in [0.25, 0.3) is 0 Å². The number of benzene rings is 2. The SMILES string of the molecule is CC(C)NC(=O)C1(Cc2ccc(-c3ccccc3)cc2)CCN(C(=O)C(C)C)CC1. The molecule has 0 spiro atoms. The van der Waals surface area contributed by atoms with E-state index in [9.17, 15) is 9.59 Å². The van der Waals surface area contributed by atoms with Gasteiger partial charge >= 0.3 is 0 Å². The number of carbonyl (C=O) groups is 2. The van der Waals surface area contributed by atoms with Crippen LogP contribution in [-0.4, -0.2) is 35.8 Å². The Morgan fingerprint density at radius 3 is 2.00 bits per heavy atom. The lowest BCUT2D eigenvalue weighted by Gasteiger charge is -2.41. The zero-order chi connectivity index (χ0) is 21.7. The number of carbonyl (C=O) groups excluding carboxylic acids is 2. The van der Waals surface area contributed by atoms with Gasteiger partial charge in [0, 0.05) is 25.0 Å². The molecule has 0 saturated carbocycles. The molecule has 1 heterocycles. The molecule has 2 aromatic rings. The summed E-state index contributed by atoms with van der Waals surface area (Å²) in [6.45, 7) is 9.15. The van der Waals surface area contributed by atoms with E-state index in [4.69, 9.17) is 0 Å². The maximum atomic E-state index is 13.2. The van der Waals surface area contributed by atoms with Gasteiger partial charge in [-0.25, -0.2) is 0 Å². The van der Waals surface area contributed by atoms with Crippen molar-refractivity contribution in [3.05, 3.63) is 60.2 Å². The van der Waals surface area contributed by atoms with Crippen molar-refractivity contribution >= 4 is 11.8 Å². The van der Waals surface area contributed by atoms with Gasteiger partial charge in [0.05, 0.1) is 5.41 Å². The summed E-state index contributed by atoms with van der Waals surface area (Å²) >= 11 is 0. The predicted octanol–water partition coefficient (Wildman–Crippen LogP) is 4.69. The molecule has 1 aliphatic heterocycles. The van der Waals surface area contributed by atoms with Crippen LogP contribution in [0.3, 0.4) is 0 Å². The highest BCUT2D eigenvalue weighted by atomic mass is 16.2. The Morgan fingerprint density at radius 2 is 1.47 bits per heavy atom. The third kappa shape index (κ3) is 5.10. The van der Waals surface area contributed by atoms with Crippen molar-refractivity contribution in [2.75, 3.05) is 13.1 Å². The Balaban J connectivity index is 1.78. The Morgan fingerprint density at radius 1 is 0.900 bits per heavy atom. The third-order valence-corrected chi connectivity index (χ3v) is 6.03. The Bertz CT molecular complexity index is 848. The second kappa shape index (κ2) is 9.46. The minimum atomic E-state index is -0.466. The maximum absolute atomic E-state index is 13.2. The normalized spacial score (nSPS) is 16.0. The molecule has 0 atom stereocenters. The van der Waals surface area contributed by atoms with Crippen LogP contribution < -0.4 is 5.32 Å². The third-order valence-electron chi connectivity index (χ3n) is 6.03. The largest absolute Gasteiger partial charge is 0.353 e. The van der Waals surface area contributed by atoms with E-state index in [0.29, 0.717) is 32.4 Å². The van der Waals surface area contributed by atoms with Crippen LogP contribution in [-0.2, 0) is 16.0 Å². The molecule has 0 aliphatic carbocycles. The van der Waals surface area contributed by atoms with Gasteiger partial charge in [-0.1, -0.05) is 68.4 Å². The molecule has 1 saturated heterocycles. The standard InChI is InChI=1S/C26H34N2O2/c1-19(2)24(29)28-16-14-26(15-17-28,25(30)27-20(3)4)18-21-10-12-23(13-11-21)22-8-6-5-7-9-22/h5-13,19-20H,14-18H2,1-4H3,(H,27,30). The Hall–Kier alpha value is -2.62. The molecular weight excluding hydrogens is 372 g/mol. The summed E-state index contributed by atoms with van der Waals surface area (Å²) < 4.78 is 0. The summed E-state index contributed by atoms with van der Waals surface area (Å²) in [7, 11) is 0. The summed E-state index contributed by atoms with van der Waals surface area (Å²) in [5, 5.41) is 3.14. The van der Waals surface area contributed by atoms with E-state index in [0.717, 1.165) is 5.56 Å². The molecule has 3 rings (SSSR count). The van der Waals surface area contributed by atoms with Crippen molar-refractivity contribution in [3.63, 3.8) is 0 Å². The van der Waals surface area contributed by atoms with E-state index < -0.39 is 5.41 Å². The number of rotatable bonds is 6. The number of hydrogen-bond acceptors (Lipinski definition) is 2. The lowest BCUT2D eigenvalue weighted by Crippen LogP contribution is -2.53. The lowest BCUT2D eigenvalue weighted by atomic mass is 9.72. The second-order valence-corrected chi connectivity index (χ2v) is 9.13. The molecule has 1 fully saturated rings. The first-order valence-corrected chi connectivity index (χ1v) is 11.0. The zero-order valence-corrected chi connectivity index (χ0v) is 18.7. The van der Waals surface area contributed by atoms with Crippen molar-refractivity contribution in [2.24, 2.45) is 11.3 Å². The van der Waals surface area contributed by atoms with Crippen LogP contribution in [0.1, 0.15) is 46.1 Å². The molecule has 2 amide bonds. The van der Waals surface area contributed by atoms with E-state index in [-0.39, 0.29) is 23.8 Å². The van der Waals surface area contributed by atoms with E-state index in [1.54, 1.807) is 0 Å². The molecule has 1 N–H and O–H groups in total. The molecule has 0 bridgehead atoms. The van der Waals surface area contributed by atoms with Crippen molar-refractivity contribution in [1.82, 2.24) is 10.2 Å². The highest BCUT2D eigenvalue weighted by Crippen LogP contribution is 2.36. The molecule has 0 radical (unpaired) electrons. The number of likely N-dealkylation sites (tertiary alicyclic amines) is 1. The van der Waals surface area contributed by atoms with Gasteiger partial charge in [0.15, 0.2) is 0 Å². The van der Waals surface area contributed by atoms with E-state index in [1.807, 2.05) is 50.8 Å². The first-order chi connectivity index (χ1) is 14.3. The van der Waals surface area contributed by atoms with Crippen LogP contribution in [0.4, 0.5) is 0 Å². The fourth-order valence-electron chi connectivity index (χ4n) is 4.26. The smallest absolute Gasteiger partial charge is 0.226 e. The van der Waals surface area contributed by atoms with Crippen LogP contribution >= 0.6 is 0 Å². The monoisotopic (exact) mass is 406 g/mol. The van der Waals surface area contributed by atoms with Gasteiger partial charge in [0.1, 0.15) is 0 Å². The van der Waals surface area contributed by atoms with Gasteiger partial charge in [-0.05, 0) is 49.8 Å². The second-order valence-electron chi connectivity index (χ2n) is 9.13. The Labute approximate surface area is 180 Å². The van der Waals surface area contributed by atoms with Crippen molar-refractivity contribution in [3.8, 4) is 11.1 Å². The summed E-state index contributed by atoms with van der Waals surface area (Å²) in [5.74, 6) is 0.286. The number of amides is 2. The van der Waals surface area contributed by atoms with Crippen LogP contribution in [0, 0.1) is 11.3 Å². The number of hydrogen-bond donors (Lipinski definition) is 1. The maximum Gasteiger partial charge on any atom is 0.226 e. The molecule has 30 heavy (non-hydrogen) atoms. The summed E-state index contributed by atoms with van der Waals surface area (Å²) in [4.78, 5) is 27.6. The van der Waals surface area contributed by atoms with Crippen molar-refractivity contribution in [2.45, 2.75) is 53.0 Å².